The third-order valence-corrected chi connectivity index (χ3v) is 6.57. The molecule has 2 atom stereocenters. The summed E-state index contributed by atoms with van der Waals surface area (Å²) in [4.78, 5) is 28.5. The van der Waals surface area contributed by atoms with Crippen molar-refractivity contribution in [1.82, 2.24) is 10.2 Å². The van der Waals surface area contributed by atoms with E-state index in [0.29, 0.717) is 22.8 Å². The Morgan fingerprint density at radius 2 is 1.75 bits per heavy atom. The van der Waals surface area contributed by atoms with E-state index in [4.69, 9.17) is 16.3 Å². The summed E-state index contributed by atoms with van der Waals surface area (Å²) in [7, 11) is 0. The molecule has 0 fully saturated rings. The van der Waals surface area contributed by atoms with Crippen molar-refractivity contribution in [2.24, 2.45) is 0 Å². The first kappa shape index (κ1) is 27.7. The van der Waals surface area contributed by atoms with Gasteiger partial charge in [-0.15, -0.1) is 0 Å². The van der Waals surface area contributed by atoms with E-state index in [1.165, 1.54) is 17.0 Å². The summed E-state index contributed by atoms with van der Waals surface area (Å²) in [5.41, 5.74) is 1.61. The molecule has 3 rings (SSSR count). The van der Waals surface area contributed by atoms with Crippen LogP contribution >= 0.6 is 27.5 Å². The summed E-state index contributed by atoms with van der Waals surface area (Å²) >= 11 is 9.60. The van der Waals surface area contributed by atoms with Crippen LogP contribution in [-0.4, -0.2) is 35.4 Å². The van der Waals surface area contributed by atoms with Crippen LogP contribution in [0.1, 0.15) is 31.4 Å². The van der Waals surface area contributed by atoms with Gasteiger partial charge in [0.25, 0.3) is 5.91 Å². The maximum Gasteiger partial charge on any atom is 0.261 e. The molecule has 0 bridgehead atoms. The second-order valence-corrected chi connectivity index (χ2v) is 9.86. The van der Waals surface area contributed by atoms with E-state index in [-0.39, 0.29) is 30.9 Å². The van der Waals surface area contributed by atoms with Crippen molar-refractivity contribution in [3.8, 4) is 5.75 Å². The van der Waals surface area contributed by atoms with Crippen LogP contribution in [0.4, 0.5) is 4.39 Å². The fraction of sp³-hybridized carbons (Fsp3) is 0.286. The number of halogens is 3. The molecule has 0 spiro atoms. The van der Waals surface area contributed by atoms with Gasteiger partial charge in [0, 0.05) is 23.5 Å². The van der Waals surface area contributed by atoms with Crippen LogP contribution in [0.15, 0.2) is 77.3 Å². The molecule has 1 N–H and O–H groups in total. The number of nitrogens with zero attached hydrogens (tertiary/aromatic N) is 1. The van der Waals surface area contributed by atoms with Gasteiger partial charge in [-0.1, -0.05) is 76.9 Å². The highest BCUT2D eigenvalue weighted by Gasteiger charge is 2.31. The van der Waals surface area contributed by atoms with Crippen molar-refractivity contribution in [3.63, 3.8) is 0 Å². The summed E-state index contributed by atoms with van der Waals surface area (Å²) in [5.74, 6) is -0.664. The van der Waals surface area contributed by atoms with Gasteiger partial charge in [0.15, 0.2) is 6.61 Å². The van der Waals surface area contributed by atoms with Crippen LogP contribution < -0.4 is 10.1 Å². The Morgan fingerprint density at radius 3 is 2.39 bits per heavy atom. The van der Waals surface area contributed by atoms with Crippen molar-refractivity contribution in [2.75, 3.05) is 6.61 Å². The van der Waals surface area contributed by atoms with Crippen LogP contribution in [0.3, 0.4) is 0 Å². The molecular formula is C28H29BrClFN2O3. The maximum absolute atomic E-state index is 13.6. The Hall–Kier alpha value is -2.90. The third-order valence-electron chi connectivity index (χ3n) is 5.78. The summed E-state index contributed by atoms with van der Waals surface area (Å²) in [6.07, 6.45) is 1.07. The van der Waals surface area contributed by atoms with Crippen LogP contribution in [0.5, 0.6) is 5.75 Å². The number of amides is 2. The summed E-state index contributed by atoms with van der Waals surface area (Å²) < 4.78 is 20.1. The molecule has 190 valence electrons. The number of benzene rings is 3. The average Bonchev–Trinajstić information content (AvgIpc) is 2.87. The second-order valence-electron chi connectivity index (χ2n) is 8.53. The zero-order valence-corrected chi connectivity index (χ0v) is 22.6. The van der Waals surface area contributed by atoms with Gasteiger partial charge in [0.2, 0.25) is 5.91 Å². The highest BCUT2D eigenvalue weighted by Crippen LogP contribution is 2.28. The van der Waals surface area contributed by atoms with Gasteiger partial charge >= 0.3 is 0 Å². The van der Waals surface area contributed by atoms with Gasteiger partial charge in [-0.3, -0.25) is 9.59 Å². The predicted octanol–water partition coefficient (Wildman–Crippen LogP) is 6.18. The Labute approximate surface area is 224 Å². The molecule has 8 heteroatoms. The van der Waals surface area contributed by atoms with E-state index in [9.17, 15) is 14.0 Å². The number of nitrogens with one attached hydrogen (secondary N) is 1. The first-order valence-corrected chi connectivity index (χ1v) is 12.9. The molecule has 0 aliphatic rings. The van der Waals surface area contributed by atoms with Crippen LogP contribution in [-0.2, 0) is 22.6 Å². The zero-order valence-electron chi connectivity index (χ0n) is 20.2. The van der Waals surface area contributed by atoms with Crippen molar-refractivity contribution in [1.29, 1.82) is 0 Å². The van der Waals surface area contributed by atoms with Gasteiger partial charge in [-0.25, -0.2) is 4.39 Å². The van der Waals surface area contributed by atoms with Gasteiger partial charge in [-0.2, -0.15) is 0 Å². The molecule has 0 radical (unpaired) electrons. The molecule has 2 amide bonds. The predicted molar refractivity (Wildman–Crippen MR) is 143 cm³/mol. The Kier molecular flexibility index (Phi) is 10.3. The Balaban J connectivity index is 1.91. The van der Waals surface area contributed by atoms with Gasteiger partial charge in [0.1, 0.15) is 17.6 Å². The van der Waals surface area contributed by atoms with Crippen molar-refractivity contribution < 1.29 is 18.7 Å². The van der Waals surface area contributed by atoms with Crippen LogP contribution in [0.2, 0.25) is 5.02 Å². The molecule has 0 saturated carbocycles. The number of carbonyl (C=O) groups excluding carboxylic acids is 2. The lowest BCUT2D eigenvalue weighted by atomic mass is 10.0. The molecule has 0 aliphatic carbocycles. The average molecular weight is 576 g/mol. The van der Waals surface area contributed by atoms with Crippen molar-refractivity contribution in [2.45, 2.75) is 45.3 Å². The SMILES string of the molecule is CC[C@H](C)NC(=O)[C@H](Cc1ccccc1)N(Cc1ccc(F)cc1)C(=O)COc1ccc(Br)cc1Cl. The molecule has 0 saturated heterocycles. The lowest BCUT2D eigenvalue weighted by molar-refractivity contribution is -0.143. The number of hydrogen-bond acceptors (Lipinski definition) is 3. The Bertz CT molecular complexity index is 1160. The normalized spacial score (nSPS) is 12.5. The first-order chi connectivity index (χ1) is 17.3. The summed E-state index contributed by atoms with van der Waals surface area (Å²) in [6.45, 7) is 3.70. The van der Waals surface area contributed by atoms with E-state index in [0.717, 1.165) is 16.5 Å². The number of carbonyl (C=O) groups is 2. The minimum Gasteiger partial charge on any atom is -0.482 e. The van der Waals surface area contributed by atoms with Gasteiger partial charge in [-0.05, 0) is 54.8 Å². The fourth-order valence-electron chi connectivity index (χ4n) is 3.60. The van der Waals surface area contributed by atoms with Crippen molar-refractivity contribution >= 4 is 39.3 Å². The largest absolute Gasteiger partial charge is 0.482 e. The van der Waals surface area contributed by atoms with E-state index >= 15 is 0 Å². The minimum atomic E-state index is -0.803. The van der Waals surface area contributed by atoms with Crippen molar-refractivity contribution in [3.05, 3.63) is 99.2 Å². The van der Waals surface area contributed by atoms with E-state index < -0.39 is 11.9 Å². The maximum atomic E-state index is 13.6. The lowest BCUT2D eigenvalue weighted by Crippen LogP contribution is -2.53. The molecule has 0 unspecified atom stereocenters. The molecule has 0 heterocycles. The monoisotopic (exact) mass is 574 g/mol. The standard InChI is InChI=1S/C28H29BrClFN2O3/c1-3-19(2)32-28(35)25(15-20-7-5-4-6-8-20)33(17-21-9-12-23(31)13-10-21)27(34)18-36-26-14-11-22(29)16-24(26)30/h4-14,16,19,25H,3,15,17-18H2,1-2H3,(H,32,35)/t19-,25-/m0/s1. The molecule has 0 aliphatic heterocycles. The minimum absolute atomic E-state index is 0.0589. The molecule has 3 aromatic rings. The zero-order chi connectivity index (χ0) is 26.1. The molecular weight excluding hydrogens is 547 g/mol. The molecule has 5 nitrogen and oxygen atoms in total. The van der Waals surface area contributed by atoms with E-state index in [1.807, 2.05) is 44.2 Å². The molecule has 36 heavy (non-hydrogen) atoms. The number of ether oxygens (including phenoxy) is 1. The van der Waals surface area contributed by atoms with Gasteiger partial charge in [0.05, 0.1) is 5.02 Å². The summed E-state index contributed by atoms with van der Waals surface area (Å²) in [6, 6.07) is 19.6. The van der Waals surface area contributed by atoms with E-state index in [1.54, 1.807) is 30.3 Å². The number of rotatable bonds is 11. The van der Waals surface area contributed by atoms with E-state index in [2.05, 4.69) is 21.2 Å². The van der Waals surface area contributed by atoms with Gasteiger partial charge < -0.3 is 15.0 Å². The fourth-order valence-corrected chi connectivity index (χ4v) is 4.32. The quantitative estimate of drug-likeness (QED) is 0.297. The smallest absolute Gasteiger partial charge is 0.261 e. The topological polar surface area (TPSA) is 58.6 Å². The van der Waals surface area contributed by atoms with Crippen LogP contribution in [0.25, 0.3) is 0 Å². The third kappa shape index (κ3) is 8.07. The Morgan fingerprint density at radius 1 is 1.06 bits per heavy atom. The highest BCUT2D eigenvalue weighted by molar-refractivity contribution is 9.10. The molecule has 3 aromatic carbocycles. The highest BCUT2D eigenvalue weighted by atomic mass is 79.9. The van der Waals surface area contributed by atoms with Crippen LogP contribution in [0, 0.1) is 5.82 Å². The molecule has 0 aromatic heterocycles. The number of hydrogen-bond donors (Lipinski definition) is 1. The first-order valence-electron chi connectivity index (χ1n) is 11.7. The second kappa shape index (κ2) is 13.4. The lowest BCUT2D eigenvalue weighted by Gasteiger charge is -2.32. The summed E-state index contributed by atoms with van der Waals surface area (Å²) in [5, 5.41) is 3.37.